The van der Waals surface area contributed by atoms with Crippen LogP contribution >= 0.6 is 0 Å². The van der Waals surface area contributed by atoms with Crippen LogP contribution in [-0.4, -0.2) is 65.8 Å². The van der Waals surface area contributed by atoms with Crippen LogP contribution in [-0.2, 0) is 9.84 Å². The molecule has 4 aromatic rings. The van der Waals surface area contributed by atoms with Gasteiger partial charge in [-0.05, 0) is 67.6 Å². The zero-order chi connectivity index (χ0) is 29.6. The highest BCUT2D eigenvalue weighted by atomic mass is 32.2. The summed E-state index contributed by atoms with van der Waals surface area (Å²) in [4.78, 5) is 14.2. The van der Waals surface area contributed by atoms with E-state index in [-0.39, 0.29) is 11.1 Å². The van der Waals surface area contributed by atoms with Gasteiger partial charge in [0.15, 0.2) is 9.84 Å². The molecule has 7 rings (SSSR count). The topological polar surface area (TPSA) is 97.3 Å². The Balaban J connectivity index is 0.950. The number of hydrogen-bond donors (Lipinski definition) is 1. The Morgan fingerprint density at radius 3 is 2.28 bits per heavy atom. The first-order valence-corrected chi connectivity index (χ1v) is 17.1. The van der Waals surface area contributed by atoms with Crippen LogP contribution in [0.25, 0.3) is 22.2 Å². The van der Waals surface area contributed by atoms with Crippen LogP contribution in [0.2, 0.25) is 0 Å². The Morgan fingerprint density at radius 1 is 0.884 bits per heavy atom. The van der Waals surface area contributed by atoms with Gasteiger partial charge in [-0.3, -0.25) is 0 Å². The van der Waals surface area contributed by atoms with E-state index in [1.807, 2.05) is 24.3 Å². The van der Waals surface area contributed by atoms with E-state index in [1.165, 1.54) is 18.5 Å². The van der Waals surface area contributed by atoms with E-state index in [4.69, 9.17) is 5.73 Å². The molecule has 43 heavy (non-hydrogen) atoms. The Kier molecular flexibility index (Phi) is 7.59. The second-order valence-electron chi connectivity index (χ2n) is 12.5. The van der Waals surface area contributed by atoms with Crippen LogP contribution in [0.5, 0.6) is 0 Å². The Morgan fingerprint density at radius 2 is 1.58 bits per heavy atom. The van der Waals surface area contributed by atoms with Gasteiger partial charge in [0, 0.05) is 62.1 Å². The third-order valence-electron chi connectivity index (χ3n) is 9.74. The van der Waals surface area contributed by atoms with E-state index in [0.29, 0.717) is 22.7 Å². The molecule has 4 heterocycles. The summed E-state index contributed by atoms with van der Waals surface area (Å²) < 4.78 is 41.9. The highest BCUT2D eigenvalue weighted by Crippen LogP contribution is 2.37. The molecule has 1 aliphatic carbocycles. The second kappa shape index (κ2) is 11.5. The summed E-state index contributed by atoms with van der Waals surface area (Å²) in [5, 5.41) is 0.606. The summed E-state index contributed by atoms with van der Waals surface area (Å²) in [6.07, 6.45) is 10.4. The van der Waals surface area contributed by atoms with E-state index < -0.39 is 9.84 Å². The number of piperidine rings is 1. The fourth-order valence-electron chi connectivity index (χ4n) is 7.29. The summed E-state index contributed by atoms with van der Waals surface area (Å²) in [6.45, 7) is 5.09. The number of nitrogens with two attached hydrogens (primary N) is 1. The summed E-state index contributed by atoms with van der Waals surface area (Å²) in [5.41, 5.74) is 10.1. The highest BCUT2D eigenvalue weighted by molar-refractivity contribution is 7.92. The van der Waals surface area contributed by atoms with Crippen LogP contribution < -0.4 is 10.6 Å². The first kappa shape index (κ1) is 28.3. The molecule has 0 amide bonds. The first-order chi connectivity index (χ1) is 20.9. The molecule has 3 fully saturated rings. The number of anilines is 2. The Hall–Kier alpha value is -3.50. The van der Waals surface area contributed by atoms with Crippen LogP contribution in [0.3, 0.4) is 0 Å². The molecular weight excluding hydrogens is 563 g/mol. The van der Waals surface area contributed by atoms with E-state index in [1.54, 1.807) is 12.1 Å². The number of hydrogen-bond acceptors (Lipinski definition) is 7. The molecule has 2 N–H and O–H groups in total. The maximum atomic E-state index is 13.6. The van der Waals surface area contributed by atoms with E-state index in [2.05, 4.69) is 30.5 Å². The van der Waals surface area contributed by atoms with Gasteiger partial charge in [-0.25, -0.2) is 22.8 Å². The fourth-order valence-corrected chi connectivity index (χ4v) is 9.15. The van der Waals surface area contributed by atoms with Crippen LogP contribution in [0.15, 0.2) is 66.0 Å². The quantitative estimate of drug-likeness (QED) is 0.290. The van der Waals surface area contributed by atoms with Gasteiger partial charge >= 0.3 is 0 Å². The number of nitrogen functional groups attached to an aromatic ring is 1. The lowest BCUT2D eigenvalue weighted by molar-refractivity contribution is 0.153. The lowest BCUT2D eigenvalue weighted by Crippen LogP contribution is -2.52. The lowest BCUT2D eigenvalue weighted by atomic mass is 9.96. The maximum absolute atomic E-state index is 13.6. The van der Waals surface area contributed by atoms with Gasteiger partial charge in [0.2, 0.25) is 0 Å². The number of nitrogens with zero attached hydrogens (tertiary/aromatic N) is 5. The molecule has 0 radical (unpaired) electrons. The maximum Gasteiger partial charge on any atom is 0.181 e. The summed E-state index contributed by atoms with van der Waals surface area (Å²) in [5.74, 6) is 0.777. The zero-order valence-electron chi connectivity index (χ0n) is 24.4. The van der Waals surface area contributed by atoms with Crippen molar-refractivity contribution in [2.45, 2.75) is 61.1 Å². The average molecular weight is 603 g/mol. The molecule has 2 aromatic heterocycles. The molecule has 3 aliphatic rings. The number of rotatable bonds is 7. The lowest BCUT2D eigenvalue weighted by Gasteiger charge is -2.44. The normalized spacial score (nSPS) is 19.6. The van der Waals surface area contributed by atoms with Gasteiger partial charge in [0.1, 0.15) is 23.6 Å². The standard InChI is InChI=1S/C33H39FN6O2S/c34-25-8-6-24(7-9-25)30-21-40(33-31(30)32(35)36-22-37-33)27-14-16-38(17-15-27)18-23-19-39(20-23)26-10-12-29(13-11-26)43(41,42)28-4-2-1-3-5-28/h6-13,21-23,27-28H,1-5,14-20H2,(H2,35,36,37). The third-order valence-corrected chi connectivity index (χ3v) is 12.0. The molecule has 1 saturated carbocycles. The van der Waals surface area contributed by atoms with Crippen molar-refractivity contribution in [2.75, 3.05) is 43.4 Å². The molecule has 0 spiro atoms. The predicted molar refractivity (Wildman–Crippen MR) is 168 cm³/mol. The minimum Gasteiger partial charge on any atom is -0.383 e. The number of sulfone groups is 1. The van der Waals surface area contributed by atoms with Gasteiger partial charge < -0.3 is 20.1 Å². The van der Waals surface area contributed by atoms with Crippen LogP contribution in [0.4, 0.5) is 15.9 Å². The van der Waals surface area contributed by atoms with Crippen molar-refractivity contribution in [1.29, 1.82) is 0 Å². The molecule has 2 saturated heterocycles. The Bertz CT molecular complexity index is 1690. The smallest absolute Gasteiger partial charge is 0.181 e. The van der Waals surface area contributed by atoms with Crippen molar-refractivity contribution < 1.29 is 12.8 Å². The molecule has 10 heteroatoms. The van der Waals surface area contributed by atoms with Gasteiger partial charge in [0.25, 0.3) is 0 Å². The van der Waals surface area contributed by atoms with Crippen molar-refractivity contribution in [3.05, 3.63) is 66.9 Å². The molecule has 0 bridgehead atoms. The van der Waals surface area contributed by atoms with Gasteiger partial charge in [-0.1, -0.05) is 31.4 Å². The average Bonchev–Trinajstić information content (AvgIpc) is 3.41. The zero-order valence-corrected chi connectivity index (χ0v) is 25.2. The molecular formula is C33H39FN6O2S. The van der Waals surface area contributed by atoms with Crippen molar-refractivity contribution in [2.24, 2.45) is 5.92 Å². The van der Waals surface area contributed by atoms with Gasteiger partial charge in [-0.15, -0.1) is 0 Å². The summed E-state index contributed by atoms with van der Waals surface area (Å²) in [6, 6.07) is 14.4. The monoisotopic (exact) mass is 602 g/mol. The number of fused-ring (bicyclic) bond motifs is 1. The van der Waals surface area contributed by atoms with E-state index in [9.17, 15) is 12.8 Å². The number of aromatic nitrogens is 3. The largest absolute Gasteiger partial charge is 0.383 e. The molecule has 226 valence electrons. The van der Waals surface area contributed by atoms with Gasteiger partial charge in [-0.2, -0.15) is 0 Å². The highest BCUT2D eigenvalue weighted by Gasteiger charge is 2.32. The first-order valence-electron chi connectivity index (χ1n) is 15.5. The van der Waals surface area contributed by atoms with E-state index in [0.717, 1.165) is 106 Å². The van der Waals surface area contributed by atoms with Crippen molar-refractivity contribution in [3.63, 3.8) is 0 Å². The molecule has 8 nitrogen and oxygen atoms in total. The Labute approximate surface area is 252 Å². The molecule has 2 aliphatic heterocycles. The summed E-state index contributed by atoms with van der Waals surface area (Å²) in [7, 11) is -3.23. The van der Waals surface area contributed by atoms with Gasteiger partial charge in [0.05, 0.1) is 15.5 Å². The second-order valence-corrected chi connectivity index (χ2v) is 14.7. The predicted octanol–water partition coefficient (Wildman–Crippen LogP) is 5.70. The minimum atomic E-state index is -3.23. The van der Waals surface area contributed by atoms with Crippen molar-refractivity contribution in [1.82, 2.24) is 19.4 Å². The minimum absolute atomic E-state index is 0.218. The van der Waals surface area contributed by atoms with E-state index >= 15 is 0 Å². The third kappa shape index (κ3) is 5.51. The fraction of sp³-hybridized carbons (Fsp3) is 0.455. The van der Waals surface area contributed by atoms with Crippen LogP contribution in [0, 0.1) is 11.7 Å². The number of halogens is 1. The number of benzene rings is 2. The molecule has 0 unspecified atom stereocenters. The SMILES string of the molecule is Nc1ncnc2c1c(-c1ccc(F)cc1)cn2C1CCN(CC2CN(c3ccc(S(=O)(=O)C4CCCCC4)cc3)C2)CC1. The molecule has 2 aromatic carbocycles. The summed E-state index contributed by atoms with van der Waals surface area (Å²) >= 11 is 0. The van der Waals surface area contributed by atoms with Crippen molar-refractivity contribution >= 4 is 32.4 Å². The van der Waals surface area contributed by atoms with Crippen LogP contribution in [0.1, 0.15) is 51.0 Å². The molecule has 0 atom stereocenters. The van der Waals surface area contributed by atoms with Crippen molar-refractivity contribution in [3.8, 4) is 11.1 Å². The number of likely N-dealkylation sites (tertiary alicyclic amines) is 1.